The number of phosphoric acid groups is 1. The summed E-state index contributed by atoms with van der Waals surface area (Å²) in [7, 11) is -6.80. The number of rotatable bonds is 5. The Bertz CT molecular complexity index is 994. The van der Waals surface area contributed by atoms with Crippen LogP contribution in [-0.2, 0) is 10.7 Å². The Labute approximate surface area is 183 Å². The fraction of sp³-hybridized carbons (Fsp3) is 0.0400. The van der Waals surface area contributed by atoms with E-state index in [9.17, 15) is 0 Å². The van der Waals surface area contributed by atoms with Gasteiger partial charge in [-0.3, -0.25) is 0 Å². The van der Waals surface area contributed by atoms with Gasteiger partial charge >= 0.3 is 164 Å². The van der Waals surface area contributed by atoms with Gasteiger partial charge in [0.25, 0.3) is 0 Å². The Balaban J connectivity index is 0.000000491. The number of benzene rings is 4. The molecule has 6 heteroatoms. The Hall–Kier alpha value is -2.58. The van der Waals surface area contributed by atoms with Gasteiger partial charge in [-0.1, -0.05) is 0 Å². The summed E-state index contributed by atoms with van der Waals surface area (Å²) in [5, 5.41) is 4.38. The molecule has 4 aromatic carbocycles. The normalized spacial score (nSPS) is 11.8. The predicted molar refractivity (Wildman–Crippen MR) is 131 cm³/mol. The zero-order chi connectivity index (χ0) is 22.2. The Morgan fingerprint density at radius 3 is 1.06 bits per heavy atom. The predicted octanol–water partition coefficient (Wildman–Crippen LogP) is 3.98. The second-order valence-electron chi connectivity index (χ2n) is 7.18. The van der Waals surface area contributed by atoms with E-state index in [0.29, 0.717) is 0 Å². The molecule has 0 heterocycles. The van der Waals surface area contributed by atoms with E-state index in [0.717, 1.165) is 6.16 Å². The van der Waals surface area contributed by atoms with Crippen LogP contribution in [0.1, 0.15) is 5.56 Å². The molecular formula is C25H26O4P2. The first-order valence-electron chi connectivity index (χ1n) is 9.88. The topological polar surface area (TPSA) is 77.8 Å². The Kier molecular flexibility index (Phi) is 7.92. The van der Waals surface area contributed by atoms with Crippen LogP contribution in [0.4, 0.5) is 0 Å². The molecule has 0 unspecified atom stereocenters. The van der Waals surface area contributed by atoms with Crippen LogP contribution in [0.2, 0.25) is 0 Å². The van der Waals surface area contributed by atoms with Crippen LogP contribution >= 0.6 is 15.1 Å². The van der Waals surface area contributed by atoms with Crippen molar-refractivity contribution in [3.05, 3.63) is 127 Å². The van der Waals surface area contributed by atoms with Crippen molar-refractivity contribution in [1.82, 2.24) is 0 Å². The third-order valence-electron chi connectivity index (χ3n) is 5.11. The van der Waals surface area contributed by atoms with E-state index in [2.05, 4.69) is 121 Å². The first-order valence-corrected chi connectivity index (χ1v) is 13.7. The Morgan fingerprint density at radius 1 is 0.516 bits per heavy atom. The summed E-state index contributed by atoms with van der Waals surface area (Å²) in [6, 6.07) is 44.2. The first kappa shape index (κ1) is 23.1. The summed E-state index contributed by atoms with van der Waals surface area (Å²) in [5.74, 6) is 0. The molecule has 0 aliphatic rings. The number of hydrogen-bond donors (Lipinski definition) is 3. The molecule has 0 bridgehead atoms. The second kappa shape index (κ2) is 10.6. The molecule has 0 fully saturated rings. The summed E-state index contributed by atoms with van der Waals surface area (Å²) >= 11 is 0. The molecule has 0 saturated carbocycles. The van der Waals surface area contributed by atoms with Crippen molar-refractivity contribution in [2.45, 2.75) is 6.16 Å². The van der Waals surface area contributed by atoms with Crippen molar-refractivity contribution in [2.24, 2.45) is 0 Å². The summed E-state index contributed by atoms with van der Waals surface area (Å²) < 4.78 is 8.88. The van der Waals surface area contributed by atoms with Gasteiger partial charge in [-0.15, -0.1) is 0 Å². The van der Waals surface area contributed by atoms with Gasteiger partial charge in [-0.05, 0) is 0 Å². The second-order valence-corrected chi connectivity index (χ2v) is 12.1. The summed E-state index contributed by atoms with van der Waals surface area (Å²) in [6.45, 7) is 0. The van der Waals surface area contributed by atoms with Gasteiger partial charge in [-0.2, -0.15) is 0 Å². The molecule has 0 saturated heterocycles. The van der Waals surface area contributed by atoms with Crippen LogP contribution < -0.4 is 15.9 Å². The Morgan fingerprint density at radius 2 is 0.774 bits per heavy atom. The van der Waals surface area contributed by atoms with Crippen LogP contribution in [-0.4, -0.2) is 14.7 Å². The van der Waals surface area contributed by atoms with Gasteiger partial charge in [0, 0.05) is 0 Å². The number of hydrogen-bond acceptors (Lipinski definition) is 1. The average Bonchev–Trinajstić information content (AvgIpc) is 2.79. The van der Waals surface area contributed by atoms with Gasteiger partial charge in [0.2, 0.25) is 0 Å². The molecule has 3 N–H and O–H groups in total. The van der Waals surface area contributed by atoms with Crippen molar-refractivity contribution >= 4 is 31.0 Å². The molecule has 0 aromatic heterocycles. The maximum absolute atomic E-state index is 8.88. The van der Waals surface area contributed by atoms with Gasteiger partial charge < -0.3 is 14.7 Å². The van der Waals surface area contributed by atoms with Crippen molar-refractivity contribution in [2.75, 3.05) is 0 Å². The summed E-state index contributed by atoms with van der Waals surface area (Å²) in [5.41, 5.74) is 1.40. The van der Waals surface area contributed by atoms with Crippen LogP contribution in [0.3, 0.4) is 0 Å². The van der Waals surface area contributed by atoms with Gasteiger partial charge in [-0.25, -0.2) is 4.57 Å². The quantitative estimate of drug-likeness (QED) is 0.401. The molecule has 4 aromatic rings. The fourth-order valence-corrected chi connectivity index (χ4v) is 8.62. The molecule has 0 radical (unpaired) electrons. The van der Waals surface area contributed by atoms with E-state index in [1.54, 1.807) is 0 Å². The first-order chi connectivity index (χ1) is 14.9. The molecule has 0 aliphatic carbocycles. The van der Waals surface area contributed by atoms with E-state index in [-0.39, 0.29) is 0 Å². The molecule has 0 atom stereocenters. The van der Waals surface area contributed by atoms with Gasteiger partial charge in [0.1, 0.15) is 0 Å². The fourth-order valence-electron chi connectivity index (χ4n) is 3.88. The van der Waals surface area contributed by atoms with Crippen LogP contribution in [0, 0.1) is 0 Å². The minimum atomic E-state index is -4.64. The van der Waals surface area contributed by atoms with E-state index < -0.39 is 15.1 Å². The van der Waals surface area contributed by atoms with Crippen LogP contribution in [0.15, 0.2) is 121 Å². The molecular weight excluding hydrogens is 426 g/mol. The maximum atomic E-state index is 8.88. The molecule has 4 rings (SSSR count). The van der Waals surface area contributed by atoms with E-state index in [1.165, 1.54) is 21.5 Å². The van der Waals surface area contributed by atoms with E-state index in [1.807, 2.05) is 0 Å². The van der Waals surface area contributed by atoms with Crippen molar-refractivity contribution in [3.63, 3.8) is 0 Å². The summed E-state index contributed by atoms with van der Waals surface area (Å²) in [6.07, 6.45) is 1.06. The molecule has 4 nitrogen and oxygen atoms in total. The van der Waals surface area contributed by atoms with E-state index >= 15 is 0 Å². The van der Waals surface area contributed by atoms with Gasteiger partial charge in [0.15, 0.2) is 0 Å². The van der Waals surface area contributed by atoms with E-state index in [4.69, 9.17) is 19.2 Å². The average molecular weight is 452 g/mol. The monoisotopic (exact) mass is 452 g/mol. The van der Waals surface area contributed by atoms with Crippen LogP contribution in [0.5, 0.6) is 0 Å². The third kappa shape index (κ3) is 6.45. The summed E-state index contributed by atoms with van der Waals surface area (Å²) in [4.78, 5) is 21.6. The molecule has 160 valence electrons. The molecule has 0 spiro atoms. The zero-order valence-electron chi connectivity index (χ0n) is 17.0. The zero-order valence-corrected chi connectivity index (χ0v) is 18.8. The van der Waals surface area contributed by atoms with Gasteiger partial charge in [0.05, 0.1) is 0 Å². The van der Waals surface area contributed by atoms with Crippen LogP contribution in [0.25, 0.3) is 0 Å². The van der Waals surface area contributed by atoms with Crippen molar-refractivity contribution in [1.29, 1.82) is 0 Å². The SMILES string of the molecule is O=P(O)(O)O.c1ccc(C[PH](c2ccccc2)(c2ccccc2)c2ccccc2)cc1. The third-order valence-corrected chi connectivity index (χ3v) is 10.0. The molecule has 31 heavy (non-hydrogen) atoms. The standard InChI is InChI=1S/C25H23P.H3O4P/c1-5-13-22(14-6-1)21-26(23-15-7-2-8-16-23,24-17-9-3-10-18-24)25-19-11-4-12-20-25;1-5(2,3)4/h1-20,26H,21H2;(H3,1,2,3,4). The minimum absolute atomic E-state index is 1.06. The van der Waals surface area contributed by atoms with Crippen molar-refractivity contribution < 1.29 is 19.2 Å². The molecule has 0 amide bonds. The van der Waals surface area contributed by atoms with Crippen molar-refractivity contribution in [3.8, 4) is 0 Å². The molecule has 0 aliphatic heterocycles.